The maximum atomic E-state index is 5.20. The van der Waals surface area contributed by atoms with E-state index in [4.69, 9.17) is 19.6 Å². The first-order chi connectivity index (χ1) is 14.3. The fourth-order valence-electron chi connectivity index (χ4n) is 2.92. The summed E-state index contributed by atoms with van der Waals surface area (Å²) < 4.78 is 12.0. The molecule has 2 heterocycles. The molecule has 0 aliphatic carbocycles. The van der Waals surface area contributed by atoms with E-state index in [1.165, 1.54) is 0 Å². The fourth-order valence-corrected chi connectivity index (χ4v) is 2.92. The molecule has 0 spiro atoms. The molecule has 2 aromatic carbocycles. The molecule has 4 aromatic rings. The van der Waals surface area contributed by atoms with Crippen molar-refractivity contribution < 1.29 is 9.47 Å². The Morgan fingerprint density at radius 3 is 2.48 bits per heavy atom. The van der Waals surface area contributed by atoms with Crippen molar-refractivity contribution in [2.75, 3.05) is 26.1 Å². The number of aromatic nitrogens is 3. The zero-order valence-corrected chi connectivity index (χ0v) is 16.2. The average Bonchev–Trinajstić information content (AvgIpc) is 3.13. The molecule has 1 N–H and O–H groups in total. The van der Waals surface area contributed by atoms with Crippen LogP contribution < -0.4 is 10.1 Å². The van der Waals surface area contributed by atoms with Crippen LogP contribution in [0.25, 0.3) is 16.9 Å². The van der Waals surface area contributed by atoms with E-state index >= 15 is 0 Å². The Morgan fingerprint density at radius 2 is 1.76 bits per heavy atom. The summed E-state index contributed by atoms with van der Waals surface area (Å²) >= 11 is 0. The van der Waals surface area contributed by atoms with Crippen LogP contribution in [-0.2, 0) is 4.74 Å². The van der Waals surface area contributed by atoms with Crippen molar-refractivity contribution in [3.05, 3.63) is 72.4 Å². The first-order valence-corrected chi connectivity index (χ1v) is 9.12. The summed E-state index contributed by atoms with van der Waals surface area (Å²) in [6.45, 7) is 0.339. The minimum Gasteiger partial charge on any atom is -0.497 e. The summed E-state index contributed by atoms with van der Waals surface area (Å²) in [4.78, 5) is 4.75. The fraction of sp³-hybridized carbons (Fsp3) is 0.130. The van der Waals surface area contributed by atoms with Gasteiger partial charge in [-0.1, -0.05) is 36.3 Å². The molecule has 0 bridgehead atoms. The van der Waals surface area contributed by atoms with E-state index in [-0.39, 0.29) is 0 Å². The lowest BCUT2D eigenvalue weighted by molar-refractivity contribution is 0.240. The van der Waals surface area contributed by atoms with E-state index in [0.29, 0.717) is 12.4 Å². The summed E-state index contributed by atoms with van der Waals surface area (Å²) in [6.07, 6.45) is 0. The van der Waals surface area contributed by atoms with Crippen LogP contribution in [0.1, 0.15) is 5.69 Å². The molecule has 4 rings (SSSR count). The highest BCUT2D eigenvalue weighted by Gasteiger charge is 2.14. The van der Waals surface area contributed by atoms with Gasteiger partial charge in [-0.2, -0.15) is 0 Å². The van der Waals surface area contributed by atoms with Crippen LogP contribution >= 0.6 is 0 Å². The van der Waals surface area contributed by atoms with Crippen LogP contribution in [0.4, 0.5) is 11.5 Å². The second-order valence-electron chi connectivity index (χ2n) is 6.25. The molecule has 144 valence electrons. The number of nitrogens with zero attached hydrogens (tertiary/aromatic N) is 3. The van der Waals surface area contributed by atoms with Gasteiger partial charge in [-0.25, -0.2) is 9.50 Å². The van der Waals surface area contributed by atoms with Crippen LogP contribution in [0.5, 0.6) is 5.75 Å². The largest absolute Gasteiger partial charge is 0.497 e. The number of fused-ring (bicyclic) bond motifs is 1. The molecular formula is C23H20N4O2. The molecule has 0 unspecified atom stereocenters. The maximum Gasteiger partial charge on any atom is 0.155 e. The number of benzene rings is 2. The van der Waals surface area contributed by atoms with E-state index in [9.17, 15) is 0 Å². The van der Waals surface area contributed by atoms with E-state index < -0.39 is 0 Å². The highest BCUT2D eigenvalue weighted by molar-refractivity contribution is 5.70. The molecule has 0 saturated carbocycles. The zero-order valence-electron chi connectivity index (χ0n) is 16.2. The lowest BCUT2D eigenvalue weighted by Crippen LogP contribution is -2.01. The first-order valence-electron chi connectivity index (χ1n) is 9.12. The van der Waals surface area contributed by atoms with Gasteiger partial charge >= 0.3 is 0 Å². The van der Waals surface area contributed by atoms with E-state index in [1.807, 2.05) is 66.7 Å². The Labute approximate surface area is 169 Å². The third-order valence-electron chi connectivity index (χ3n) is 4.31. The van der Waals surface area contributed by atoms with Crippen molar-refractivity contribution in [3.8, 4) is 28.8 Å². The van der Waals surface area contributed by atoms with Gasteiger partial charge in [0, 0.05) is 18.4 Å². The van der Waals surface area contributed by atoms with Crippen LogP contribution in [0.2, 0.25) is 0 Å². The molecule has 0 aliphatic rings. The van der Waals surface area contributed by atoms with E-state index in [0.717, 1.165) is 34.0 Å². The lowest BCUT2D eigenvalue weighted by atomic mass is 10.1. The number of imidazole rings is 1. The van der Waals surface area contributed by atoms with Gasteiger partial charge in [0.1, 0.15) is 23.7 Å². The van der Waals surface area contributed by atoms with Gasteiger partial charge < -0.3 is 14.8 Å². The first kappa shape index (κ1) is 18.5. The smallest absolute Gasteiger partial charge is 0.155 e. The van der Waals surface area contributed by atoms with E-state index in [2.05, 4.69) is 17.2 Å². The van der Waals surface area contributed by atoms with Gasteiger partial charge in [0.2, 0.25) is 0 Å². The number of methoxy groups -OCH3 is 2. The molecule has 2 aromatic heterocycles. The number of nitrogens with one attached hydrogen (secondary N) is 1. The quantitative estimate of drug-likeness (QED) is 0.524. The Bertz CT molecular complexity index is 1170. The monoisotopic (exact) mass is 384 g/mol. The maximum absolute atomic E-state index is 5.20. The second-order valence-corrected chi connectivity index (χ2v) is 6.25. The van der Waals surface area contributed by atoms with Crippen LogP contribution in [0, 0.1) is 11.8 Å². The van der Waals surface area contributed by atoms with Crippen molar-refractivity contribution in [1.82, 2.24) is 14.6 Å². The van der Waals surface area contributed by atoms with Gasteiger partial charge in [-0.3, -0.25) is 0 Å². The highest BCUT2D eigenvalue weighted by atomic mass is 16.5. The van der Waals surface area contributed by atoms with Crippen LogP contribution in [0.15, 0.2) is 66.7 Å². The van der Waals surface area contributed by atoms with Gasteiger partial charge in [0.25, 0.3) is 0 Å². The standard InChI is InChI=1S/C23H20N4O2/c1-28-16-6-9-20-23(17-7-4-3-5-8-17)25-22-15-14-21(26-27(20)22)24-18-10-12-19(29-2)13-11-18/h3-5,7-8,10-15H,16H2,1-2H3,(H,24,26). The minimum absolute atomic E-state index is 0.339. The predicted octanol–water partition coefficient (Wildman–Crippen LogP) is 4.15. The summed E-state index contributed by atoms with van der Waals surface area (Å²) in [5.74, 6) is 7.67. The lowest BCUT2D eigenvalue weighted by Gasteiger charge is -2.07. The Morgan fingerprint density at radius 1 is 0.966 bits per heavy atom. The number of rotatable bonds is 5. The molecular weight excluding hydrogens is 364 g/mol. The van der Waals surface area contributed by atoms with Crippen molar-refractivity contribution in [2.24, 2.45) is 0 Å². The van der Waals surface area contributed by atoms with Gasteiger partial charge in [-0.15, -0.1) is 5.10 Å². The molecule has 0 saturated heterocycles. The van der Waals surface area contributed by atoms with Crippen LogP contribution in [0.3, 0.4) is 0 Å². The number of hydrogen-bond acceptors (Lipinski definition) is 5. The molecule has 6 nitrogen and oxygen atoms in total. The SMILES string of the molecule is COCC#Cc1c(-c2ccccc2)nc2ccc(Nc3ccc(OC)cc3)nn12. The molecule has 0 radical (unpaired) electrons. The average molecular weight is 384 g/mol. The second kappa shape index (κ2) is 8.46. The number of hydrogen-bond donors (Lipinski definition) is 1. The minimum atomic E-state index is 0.339. The van der Waals surface area contributed by atoms with Gasteiger partial charge in [0.15, 0.2) is 11.5 Å². The Hall–Kier alpha value is -3.82. The summed E-state index contributed by atoms with van der Waals surface area (Å²) in [5.41, 5.74) is 4.15. The van der Waals surface area contributed by atoms with Crippen molar-refractivity contribution in [1.29, 1.82) is 0 Å². The molecule has 0 amide bonds. The molecule has 0 atom stereocenters. The predicted molar refractivity (Wildman–Crippen MR) is 113 cm³/mol. The van der Waals surface area contributed by atoms with Crippen molar-refractivity contribution in [2.45, 2.75) is 0 Å². The normalized spacial score (nSPS) is 10.4. The number of anilines is 2. The third kappa shape index (κ3) is 4.05. The summed E-state index contributed by atoms with van der Waals surface area (Å²) in [5, 5.41) is 8.01. The topological polar surface area (TPSA) is 60.7 Å². The third-order valence-corrected chi connectivity index (χ3v) is 4.31. The van der Waals surface area contributed by atoms with Gasteiger partial charge in [-0.05, 0) is 42.3 Å². The highest BCUT2D eigenvalue weighted by Crippen LogP contribution is 2.25. The molecule has 0 fully saturated rings. The Kier molecular flexibility index (Phi) is 5.41. The molecule has 29 heavy (non-hydrogen) atoms. The molecule has 6 heteroatoms. The summed E-state index contributed by atoms with van der Waals surface area (Å²) in [6, 6.07) is 21.5. The van der Waals surface area contributed by atoms with E-state index in [1.54, 1.807) is 18.7 Å². The zero-order chi connectivity index (χ0) is 20.1. The molecule has 0 aliphatic heterocycles. The van der Waals surface area contributed by atoms with Crippen molar-refractivity contribution >= 4 is 17.2 Å². The van der Waals surface area contributed by atoms with Crippen molar-refractivity contribution in [3.63, 3.8) is 0 Å². The van der Waals surface area contributed by atoms with Gasteiger partial charge in [0.05, 0.1) is 7.11 Å². The number of ether oxygens (including phenoxy) is 2. The van der Waals surface area contributed by atoms with Crippen LogP contribution in [-0.4, -0.2) is 35.4 Å². The summed E-state index contributed by atoms with van der Waals surface area (Å²) in [7, 11) is 3.27. The Balaban J connectivity index is 1.76.